The molecule has 6 nitrogen and oxygen atoms in total. The number of unbranched alkanes of at least 4 members (excludes halogenated alkanes) is 4. The van der Waals surface area contributed by atoms with E-state index in [1.165, 1.54) is 75.5 Å². The third kappa shape index (κ3) is 10.6. The molecule has 0 saturated heterocycles. The number of hydrogen-bond donors (Lipinski definition) is 0. The summed E-state index contributed by atoms with van der Waals surface area (Å²) in [5, 5.41) is 0. The highest BCUT2D eigenvalue weighted by molar-refractivity contribution is 14.1. The van der Waals surface area contributed by atoms with E-state index in [-0.39, 0.29) is 13.4 Å². The minimum Gasteiger partial charge on any atom is -0.458 e. The molecule has 4 aliphatic rings. The Kier molecular flexibility index (Phi) is 16.0. The van der Waals surface area contributed by atoms with E-state index in [0.717, 1.165) is 163 Å². The SMILES string of the molecule is CCCCc1ccc(Oc2cc3c4c(c2)N(c2ccccc2)c2cc5c(cc2B4c2c(CCCC)cc(C)cc2O3)B2c3c(I)cc(C)cc3N(c3cc(C)cc(CCCC)c3)c3cc(Oc4ccc(CCCC)cc4)cc(c32)N5c2ccccc2)cc1. The van der Waals surface area contributed by atoms with Crippen LogP contribution in [0.1, 0.15) is 118 Å². The zero-order chi connectivity index (χ0) is 60.2. The minimum atomic E-state index is -0.160. The molecule has 0 spiro atoms. The topological polar surface area (TPSA) is 37.4 Å². The number of anilines is 9. The van der Waals surface area contributed by atoms with Crippen LogP contribution in [0.25, 0.3) is 0 Å². The fourth-order valence-corrected chi connectivity index (χ4v) is 15.5. The summed E-state index contributed by atoms with van der Waals surface area (Å²) < 4.78 is 22.8. The van der Waals surface area contributed by atoms with E-state index in [1.54, 1.807) is 0 Å². The highest BCUT2D eigenvalue weighted by Crippen LogP contribution is 2.51. The van der Waals surface area contributed by atoms with Crippen LogP contribution in [-0.2, 0) is 25.7 Å². The maximum Gasteiger partial charge on any atom is 0.256 e. The zero-order valence-electron chi connectivity index (χ0n) is 52.0. The molecule has 9 heteroatoms. The Labute approximate surface area is 535 Å². The second-order valence-corrected chi connectivity index (χ2v) is 26.1. The quantitative estimate of drug-likeness (QED) is 0.0593. The van der Waals surface area contributed by atoms with Gasteiger partial charge in [-0.15, -0.1) is 0 Å². The summed E-state index contributed by atoms with van der Waals surface area (Å²) >= 11 is 2.67. The van der Waals surface area contributed by atoms with Crippen LogP contribution in [0.15, 0.2) is 188 Å². The molecule has 0 fully saturated rings. The van der Waals surface area contributed by atoms with Crippen molar-refractivity contribution < 1.29 is 14.2 Å². The number of benzene rings is 10. The van der Waals surface area contributed by atoms with E-state index in [2.05, 4.69) is 274 Å². The fraction of sp³-hybridized carbons (Fsp3) is 0.241. The summed E-state index contributed by atoms with van der Waals surface area (Å²) in [6.45, 7) is 15.5. The highest BCUT2D eigenvalue weighted by atomic mass is 127. The number of para-hydroxylation sites is 2. The number of fused-ring (bicyclic) bond motifs is 8. The molecule has 0 radical (unpaired) electrons. The molecule has 14 rings (SSSR count). The molecular weight excluding hydrogens is 1190 g/mol. The van der Waals surface area contributed by atoms with E-state index in [1.807, 2.05) is 0 Å². The van der Waals surface area contributed by atoms with Gasteiger partial charge in [0, 0.05) is 79.0 Å². The van der Waals surface area contributed by atoms with E-state index in [9.17, 15) is 0 Å². The minimum absolute atomic E-state index is 0.158. The number of nitrogens with zero attached hydrogens (tertiary/aromatic N) is 3. The average Bonchev–Trinajstić information content (AvgIpc) is 0.869. The molecular formula is C79H76B2IN3O3. The molecule has 0 N–H and O–H groups in total. The van der Waals surface area contributed by atoms with Crippen LogP contribution in [-0.4, -0.2) is 13.4 Å². The van der Waals surface area contributed by atoms with Crippen LogP contribution in [0.2, 0.25) is 0 Å². The third-order valence-electron chi connectivity index (χ3n) is 18.4. The second kappa shape index (κ2) is 24.4. The summed E-state index contributed by atoms with van der Waals surface area (Å²) in [7, 11) is 0. The predicted octanol–water partition coefficient (Wildman–Crippen LogP) is 18.7. The largest absolute Gasteiger partial charge is 0.458 e. The van der Waals surface area contributed by atoms with Gasteiger partial charge in [-0.25, -0.2) is 0 Å². The predicted molar refractivity (Wildman–Crippen MR) is 381 cm³/mol. The lowest BCUT2D eigenvalue weighted by Gasteiger charge is -2.46. The van der Waals surface area contributed by atoms with Crippen molar-refractivity contribution in [1.29, 1.82) is 0 Å². The van der Waals surface area contributed by atoms with Crippen molar-refractivity contribution >= 4 is 120 Å². The van der Waals surface area contributed by atoms with Crippen LogP contribution < -0.4 is 61.7 Å². The summed E-state index contributed by atoms with van der Waals surface area (Å²) in [5.41, 5.74) is 26.5. The summed E-state index contributed by atoms with van der Waals surface area (Å²) in [6.07, 6.45) is 13.2. The molecule has 0 bridgehead atoms. The molecule has 0 amide bonds. The van der Waals surface area contributed by atoms with Crippen molar-refractivity contribution in [2.75, 3.05) is 14.7 Å². The van der Waals surface area contributed by atoms with Crippen LogP contribution in [0, 0.1) is 24.3 Å². The van der Waals surface area contributed by atoms with Gasteiger partial charge in [0.05, 0.1) is 0 Å². The first-order valence-electron chi connectivity index (χ1n) is 32.4. The number of halogens is 1. The number of ether oxygens (including phenoxy) is 3. The Morgan fingerprint density at radius 2 is 0.830 bits per heavy atom. The molecule has 4 aliphatic heterocycles. The molecule has 438 valence electrons. The van der Waals surface area contributed by atoms with E-state index >= 15 is 0 Å². The third-order valence-corrected chi connectivity index (χ3v) is 19.3. The van der Waals surface area contributed by atoms with Crippen LogP contribution >= 0.6 is 22.6 Å². The Bertz CT molecular complexity index is 4270. The van der Waals surface area contributed by atoms with Crippen LogP contribution in [0.4, 0.5) is 51.2 Å². The van der Waals surface area contributed by atoms with E-state index in [0.29, 0.717) is 0 Å². The average molecular weight is 1260 g/mol. The molecule has 0 atom stereocenters. The summed E-state index contributed by atoms with van der Waals surface area (Å²) in [6, 6.07) is 70.4. The van der Waals surface area contributed by atoms with Crippen molar-refractivity contribution in [3.8, 4) is 34.5 Å². The zero-order valence-corrected chi connectivity index (χ0v) is 54.1. The number of hydrogen-bond acceptors (Lipinski definition) is 6. The lowest BCUT2D eigenvalue weighted by atomic mass is 9.30. The first kappa shape index (κ1) is 57.6. The second-order valence-electron chi connectivity index (χ2n) is 24.9. The van der Waals surface area contributed by atoms with Crippen molar-refractivity contribution in [3.05, 3.63) is 231 Å². The first-order chi connectivity index (χ1) is 43.1. The van der Waals surface area contributed by atoms with Crippen LogP contribution in [0.3, 0.4) is 0 Å². The summed E-state index contributed by atoms with van der Waals surface area (Å²) in [5.74, 6) is 4.88. The maximum atomic E-state index is 7.38. The molecule has 0 unspecified atom stereocenters. The maximum absolute atomic E-state index is 7.38. The van der Waals surface area contributed by atoms with Gasteiger partial charge >= 0.3 is 0 Å². The number of rotatable bonds is 19. The van der Waals surface area contributed by atoms with Gasteiger partial charge in [-0.3, -0.25) is 0 Å². The molecule has 0 aromatic heterocycles. The summed E-state index contributed by atoms with van der Waals surface area (Å²) in [4.78, 5) is 7.61. The normalized spacial score (nSPS) is 13.1. The van der Waals surface area contributed by atoms with Gasteiger partial charge in [0.1, 0.15) is 34.5 Å². The van der Waals surface area contributed by atoms with Gasteiger partial charge in [-0.2, -0.15) is 0 Å². The van der Waals surface area contributed by atoms with Gasteiger partial charge in [-0.1, -0.05) is 132 Å². The van der Waals surface area contributed by atoms with Gasteiger partial charge < -0.3 is 28.9 Å². The van der Waals surface area contributed by atoms with E-state index in [4.69, 9.17) is 14.2 Å². The van der Waals surface area contributed by atoms with Gasteiger partial charge in [0.15, 0.2) is 0 Å². The smallest absolute Gasteiger partial charge is 0.256 e. The molecule has 88 heavy (non-hydrogen) atoms. The Morgan fingerprint density at radius 1 is 0.364 bits per heavy atom. The molecule has 0 aliphatic carbocycles. The van der Waals surface area contributed by atoms with Crippen molar-refractivity contribution in [2.24, 2.45) is 0 Å². The number of aryl methyl sites for hydroxylation is 7. The molecule has 10 aromatic carbocycles. The van der Waals surface area contributed by atoms with Crippen molar-refractivity contribution in [3.63, 3.8) is 0 Å². The highest BCUT2D eigenvalue weighted by Gasteiger charge is 2.49. The van der Waals surface area contributed by atoms with Crippen molar-refractivity contribution in [1.82, 2.24) is 0 Å². The molecule has 0 saturated carbocycles. The Morgan fingerprint density at radius 3 is 1.40 bits per heavy atom. The lowest BCUT2D eigenvalue weighted by molar-refractivity contribution is 0.462. The monoisotopic (exact) mass is 1260 g/mol. The lowest BCUT2D eigenvalue weighted by Crippen LogP contribution is -2.65. The standard InChI is InChI=1S/C79H76B2IN3O3/c1-8-12-22-54-30-34-61(35-31-54)86-63-45-71-78-72(46-63)85(60-40-51(5)38-56(44-60)24-14-10-3)70-42-53(7)41-67(82)77(70)81(78)66-49-65-68(50-69(66)83(71)58-26-18-16-19-27-58)84(59-28-20-17-21-29-59)73-47-64(87-62-36-32-55(33-37-62)23-13-9-2)48-75-79(73)80(65)76-57(25-15-11-4)39-52(6)43-74(76)88-75/h16-21,26-50H,8-15,22-25H2,1-7H3. The van der Waals surface area contributed by atoms with Gasteiger partial charge in [0.25, 0.3) is 13.4 Å². The molecule has 10 aromatic rings. The Hall–Kier alpha value is -8.14. The first-order valence-corrected chi connectivity index (χ1v) is 33.4. The van der Waals surface area contributed by atoms with Crippen molar-refractivity contribution in [2.45, 2.75) is 126 Å². The Balaban J connectivity index is 1.06. The fourth-order valence-electron chi connectivity index (χ4n) is 14.4. The van der Waals surface area contributed by atoms with E-state index < -0.39 is 0 Å². The van der Waals surface area contributed by atoms with Gasteiger partial charge in [0.2, 0.25) is 0 Å². The van der Waals surface area contributed by atoms with Crippen LogP contribution in [0.5, 0.6) is 34.5 Å². The van der Waals surface area contributed by atoms with Gasteiger partial charge in [-0.05, 0) is 251 Å². The molecule has 4 heterocycles.